The lowest BCUT2D eigenvalue weighted by atomic mass is 10.0. The van der Waals surface area contributed by atoms with Gasteiger partial charge in [-0.3, -0.25) is 9.59 Å². The second kappa shape index (κ2) is 6.79. The first-order valence-electron chi connectivity index (χ1n) is 9.50. The zero-order chi connectivity index (χ0) is 17.4. The molecule has 3 fully saturated rings. The number of carbonyl (C=O) groups is 2. The van der Waals surface area contributed by atoms with Crippen LogP contribution in [0.5, 0.6) is 0 Å². The molecule has 0 aromatic heterocycles. The highest BCUT2D eigenvalue weighted by Gasteiger charge is 2.40. The molecule has 0 bridgehead atoms. The standard InChI is InChI=1S/C20H26N2O3/c23-18-3-1-2-17(18)20(25)22(16-10-11-16)12-13-4-6-14(7-5-13)19(24)21-15-8-9-15/h4-7,15-18,23H,1-3,8-12H2,(H,21,24)/t17-,18-/m0/s1. The van der Waals surface area contributed by atoms with Crippen LogP contribution in [0.25, 0.3) is 0 Å². The molecule has 1 aromatic rings. The summed E-state index contributed by atoms with van der Waals surface area (Å²) in [6.45, 7) is 0.567. The minimum atomic E-state index is -0.484. The highest BCUT2D eigenvalue weighted by atomic mass is 16.3. The summed E-state index contributed by atoms with van der Waals surface area (Å²) in [5.74, 6) is -0.148. The van der Waals surface area contributed by atoms with Crippen LogP contribution in [0, 0.1) is 5.92 Å². The van der Waals surface area contributed by atoms with Crippen molar-refractivity contribution in [3.8, 4) is 0 Å². The van der Waals surface area contributed by atoms with Crippen molar-refractivity contribution in [1.29, 1.82) is 0 Å². The van der Waals surface area contributed by atoms with Gasteiger partial charge in [0.25, 0.3) is 5.91 Å². The molecule has 0 saturated heterocycles. The third-order valence-corrected chi connectivity index (χ3v) is 5.55. The molecular weight excluding hydrogens is 316 g/mol. The number of benzene rings is 1. The highest BCUT2D eigenvalue weighted by molar-refractivity contribution is 5.94. The van der Waals surface area contributed by atoms with Gasteiger partial charge in [-0.1, -0.05) is 12.1 Å². The molecule has 1 aromatic carbocycles. The number of rotatable bonds is 6. The second-order valence-electron chi connectivity index (χ2n) is 7.75. The molecule has 134 valence electrons. The van der Waals surface area contributed by atoms with Gasteiger partial charge in [-0.15, -0.1) is 0 Å². The maximum atomic E-state index is 12.8. The van der Waals surface area contributed by atoms with Gasteiger partial charge in [0.1, 0.15) is 0 Å². The first kappa shape index (κ1) is 16.6. The third kappa shape index (κ3) is 3.87. The van der Waals surface area contributed by atoms with Crippen LogP contribution in [0.3, 0.4) is 0 Å². The molecule has 4 rings (SSSR count). The average Bonchev–Trinajstić information content (AvgIpc) is 3.53. The smallest absolute Gasteiger partial charge is 0.251 e. The number of aliphatic hydroxyl groups is 1. The fourth-order valence-corrected chi connectivity index (χ4v) is 3.67. The highest BCUT2D eigenvalue weighted by Crippen LogP contribution is 2.34. The van der Waals surface area contributed by atoms with E-state index in [2.05, 4.69) is 5.32 Å². The SMILES string of the molecule is O=C(NC1CC1)c1ccc(CN(C(=O)[C@H]2CCC[C@@H]2O)C2CC2)cc1. The van der Waals surface area contributed by atoms with E-state index in [0.29, 0.717) is 24.2 Å². The van der Waals surface area contributed by atoms with Crippen molar-refractivity contribution in [3.05, 3.63) is 35.4 Å². The number of amides is 2. The average molecular weight is 342 g/mol. The van der Waals surface area contributed by atoms with E-state index in [-0.39, 0.29) is 17.7 Å². The molecule has 3 aliphatic carbocycles. The van der Waals surface area contributed by atoms with E-state index in [0.717, 1.165) is 50.5 Å². The molecule has 0 unspecified atom stereocenters. The summed E-state index contributed by atoms with van der Waals surface area (Å²) in [7, 11) is 0. The van der Waals surface area contributed by atoms with Gasteiger partial charge in [0, 0.05) is 24.2 Å². The number of nitrogens with zero attached hydrogens (tertiary/aromatic N) is 1. The predicted molar refractivity (Wildman–Crippen MR) is 93.9 cm³/mol. The van der Waals surface area contributed by atoms with Crippen LogP contribution in [-0.4, -0.2) is 40.0 Å². The van der Waals surface area contributed by atoms with Crippen LogP contribution in [-0.2, 0) is 11.3 Å². The Bertz CT molecular complexity index is 649. The minimum Gasteiger partial charge on any atom is -0.392 e. The Hall–Kier alpha value is -1.88. The van der Waals surface area contributed by atoms with E-state index in [9.17, 15) is 14.7 Å². The molecule has 0 spiro atoms. The maximum absolute atomic E-state index is 12.8. The first-order valence-corrected chi connectivity index (χ1v) is 9.50. The van der Waals surface area contributed by atoms with Crippen LogP contribution in [0.2, 0.25) is 0 Å². The van der Waals surface area contributed by atoms with Crippen molar-refractivity contribution in [1.82, 2.24) is 10.2 Å². The van der Waals surface area contributed by atoms with Crippen LogP contribution < -0.4 is 5.32 Å². The first-order chi connectivity index (χ1) is 12.1. The fraction of sp³-hybridized carbons (Fsp3) is 0.600. The van der Waals surface area contributed by atoms with Crippen LogP contribution in [0.4, 0.5) is 0 Å². The molecule has 3 aliphatic rings. The van der Waals surface area contributed by atoms with Gasteiger partial charge in [0.2, 0.25) is 5.91 Å². The van der Waals surface area contributed by atoms with E-state index in [1.807, 2.05) is 29.2 Å². The topological polar surface area (TPSA) is 69.6 Å². The summed E-state index contributed by atoms with van der Waals surface area (Å²) in [4.78, 5) is 26.9. The quantitative estimate of drug-likeness (QED) is 0.833. The van der Waals surface area contributed by atoms with Crippen LogP contribution >= 0.6 is 0 Å². The summed E-state index contributed by atoms with van der Waals surface area (Å²) in [6, 6.07) is 8.23. The Morgan fingerprint density at radius 3 is 2.32 bits per heavy atom. The zero-order valence-electron chi connectivity index (χ0n) is 14.5. The van der Waals surface area contributed by atoms with Crippen molar-refractivity contribution >= 4 is 11.8 Å². The second-order valence-corrected chi connectivity index (χ2v) is 7.75. The molecule has 0 aliphatic heterocycles. The van der Waals surface area contributed by atoms with Gasteiger partial charge in [0.15, 0.2) is 0 Å². The van der Waals surface area contributed by atoms with E-state index in [1.165, 1.54) is 0 Å². The predicted octanol–water partition coefficient (Wildman–Crippen LogP) is 2.23. The summed E-state index contributed by atoms with van der Waals surface area (Å²) in [5, 5.41) is 13.0. The number of carbonyl (C=O) groups excluding carboxylic acids is 2. The molecule has 3 saturated carbocycles. The van der Waals surface area contributed by atoms with Crippen molar-refractivity contribution in [3.63, 3.8) is 0 Å². The van der Waals surface area contributed by atoms with Crippen molar-refractivity contribution in [2.45, 2.75) is 69.7 Å². The molecule has 2 N–H and O–H groups in total. The molecule has 0 radical (unpaired) electrons. The van der Waals surface area contributed by atoms with Gasteiger partial charge in [0.05, 0.1) is 12.0 Å². The minimum absolute atomic E-state index is 0.0155. The summed E-state index contributed by atoms with van der Waals surface area (Å²) >= 11 is 0. The van der Waals surface area contributed by atoms with Crippen LogP contribution in [0.15, 0.2) is 24.3 Å². The number of hydrogen-bond donors (Lipinski definition) is 2. The Morgan fingerprint density at radius 1 is 1.04 bits per heavy atom. The monoisotopic (exact) mass is 342 g/mol. The molecular formula is C20H26N2O3. The summed E-state index contributed by atoms with van der Waals surface area (Å²) < 4.78 is 0. The maximum Gasteiger partial charge on any atom is 0.251 e. The van der Waals surface area contributed by atoms with Gasteiger partial charge >= 0.3 is 0 Å². The number of nitrogens with one attached hydrogen (secondary N) is 1. The van der Waals surface area contributed by atoms with Crippen LogP contribution in [0.1, 0.15) is 60.9 Å². The Labute approximate surface area is 148 Å². The molecule has 2 atom stereocenters. The van der Waals surface area contributed by atoms with E-state index < -0.39 is 6.10 Å². The van der Waals surface area contributed by atoms with Crippen molar-refractivity contribution in [2.24, 2.45) is 5.92 Å². The lowest BCUT2D eigenvalue weighted by molar-refractivity contribution is -0.139. The molecule has 5 heteroatoms. The molecule has 5 nitrogen and oxygen atoms in total. The molecule has 2 amide bonds. The summed E-state index contributed by atoms with van der Waals surface area (Å²) in [5.41, 5.74) is 1.71. The Balaban J connectivity index is 1.41. The van der Waals surface area contributed by atoms with Gasteiger partial charge in [-0.25, -0.2) is 0 Å². The lowest BCUT2D eigenvalue weighted by Crippen LogP contribution is -2.40. The molecule has 0 heterocycles. The van der Waals surface area contributed by atoms with E-state index >= 15 is 0 Å². The largest absolute Gasteiger partial charge is 0.392 e. The number of aliphatic hydroxyl groups excluding tert-OH is 1. The third-order valence-electron chi connectivity index (χ3n) is 5.55. The van der Waals surface area contributed by atoms with Gasteiger partial charge in [-0.2, -0.15) is 0 Å². The fourth-order valence-electron chi connectivity index (χ4n) is 3.67. The normalized spacial score (nSPS) is 25.6. The van der Waals surface area contributed by atoms with E-state index in [4.69, 9.17) is 0 Å². The zero-order valence-corrected chi connectivity index (χ0v) is 14.5. The molecule has 25 heavy (non-hydrogen) atoms. The number of hydrogen-bond acceptors (Lipinski definition) is 3. The lowest BCUT2D eigenvalue weighted by Gasteiger charge is -2.27. The van der Waals surface area contributed by atoms with E-state index in [1.54, 1.807) is 0 Å². The van der Waals surface area contributed by atoms with Gasteiger partial charge < -0.3 is 15.3 Å². The van der Waals surface area contributed by atoms with Gasteiger partial charge in [-0.05, 0) is 62.6 Å². The Kier molecular flexibility index (Phi) is 4.50. The van der Waals surface area contributed by atoms with Crippen molar-refractivity contribution < 1.29 is 14.7 Å². The Morgan fingerprint density at radius 2 is 1.76 bits per heavy atom. The summed E-state index contributed by atoms with van der Waals surface area (Å²) in [6.07, 6.45) is 6.24. The van der Waals surface area contributed by atoms with Crippen molar-refractivity contribution in [2.75, 3.05) is 0 Å².